The van der Waals surface area contributed by atoms with Gasteiger partial charge in [-0.2, -0.15) is 0 Å². The number of hydrogen-bond acceptors (Lipinski definition) is 5. The molecule has 2 unspecified atom stereocenters. The summed E-state index contributed by atoms with van der Waals surface area (Å²) in [6, 6.07) is 0. The molecule has 0 fully saturated rings. The molecule has 0 saturated carbocycles. The number of nitrogens with zero attached hydrogens (tertiary/aromatic N) is 1. The number of nitrogens with one attached hydrogen (secondary N) is 1. The Morgan fingerprint density at radius 1 is 0.744 bits per heavy atom. The molecule has 0 aromatic heterocycles. The number of rotatable bonds is 20. The second-order valence-corrected chi connectivity index (χ2v) is 14.1. The molecule has 0 aromatic rings. The number of unbranched alkanes of at least 4 members (excludes halogenated alkanes) is 3. The molecule has 1 amide bonds. The average Bonchev–Trinajstić information content (AvgIpc) is 2.80. The van der Waals surface area contributed by atoms with Crippen LogP contribution in [0.5, 0.6) is 0 Å². The third kappa shape index (κ3) is 20.0. The van der Waals surface area contributed by atoms with Gasteiger partial charge in [0.15, 0.2) is 0 Å². The van der Waals surface area contributed by atoms with E-state index in [4.69, 9.17) is 18.0 Å². The zero-order valence-corrected chi connectivity index (χ0v) is 26.9. The minimum atomic E-state index is -10.7. The van der Waals surface area contributed by atoms with Gasteiger partial charge < -0.3 is 23.3 Å². The maximum absolute atomic E-state index is 13.1. The summed E-state index contributed by atoms with van der Waals surface area (Å²) in [5.41, 5.74) is -0.342. The molecule has 0 radical (unpaired) electrons. The van der Waals surface area contributed by atoms with E-state index in [0.29, 0.717) is 26.2 Å². The van der Waals surface area contributed by atoms with Crippen LogP contribution in [0.1, 0.15) is 100 Å². The second kappa shape index (κ2) is 17.3. The molecule has 0 spiro atoms. The molecule has 0 saturated heterocycles. The molecule has 0 aliphatic carbocycles. The summed E-state index contributed by atoms with van der Waals surface area (Å²) in [6.45, 7) is 21.0. The summed E-state index contributed by atoms with van der Waals surface area (Å²) < 4.78 is 84.1. The van der Waals surface area contributed by atoms with E-state index < -0.39 is 22.7 Å². The molecule has 0 aliphatic rings. The van der Waals surface area contributed by atoms with Crippen LogP contribution in [-0.2, 0) is 18.0 Å². The van der Waals surface area contributed by atoms with Crippen molar-refractivity contribution in [3.8, 4) is 0 Å². The van der Waals surface area contributed by atoms with E-state index in [1.54, 1.807) is 0 Å². The Morgan fingerprint density at radius 3 is 1.33 bits per heavy atom. The van der Waals surface area contributed by atoms with Crippen molar-refractivity contribution in [1.29, 1.82) is 0 Å². The van der Waals surface area contributed by atoms with Gasteiger partial charge in [0.05, 0.1) is 19.6 Å². The Bertz CT molecular complexity index is 627. The molecule has 0 aliphatic heterocycles. The summed E-state index contributed by atoms with van der Waals surface area (Å²) >= 11 is 0. The Kier molecular flexibility index (Phi) is 18.0. The minimum absolute atomic E-state index is 0.209. The fourth-order valence-corrected chi connectivity index (χ4v) is 7.07. The molecule has 0 bridgehead atoms. The van der Waals surface area contributed by atoms with E-state index in [2.05, 4.69) is 33.0 Å². The number of hydrogen-bond donors (Lipinski definition) is 1. The van der Waals surface area contributed by atoms with Crippen molar-refractivity contribution in [2.75, 3.05) is 39.5 Å². The molecule has 0 heterocycles. The van der Waals surface area contributed by atoms with Crippen LogP contribution in [-0.4, -0.2) is 70.7 Å². The van der Waals surface area contributed by atoms with Crippen LogP contribution in [0.3, 0.4) is 0 Å². The first-order valence-electron chi connectivity index (χ1n) is 14.1. The van der Waals surface area contributed by atoms with Crippen LogP contribution in [0.25, 0.3) is 0 Å². The Hall–Kier alpha value is -0.663. The first-order valence-corrected chi connectivity index (χ1v) is 17.9. The number of quaternary nitrogens is 1. The number of halogens is 6. The number of carbonyl (C=O) groups is 1. The second-order valence-electron chi connectivity index (χ2n) is 9.42. The zero-order chi connectivity index (χ0) is 30.9. The normalized spacial score (nSPS) is 15.8. The van der Waals surface area contributed by atoms with Gasteiger partial charge in [-0.1, -0.05) is 47.0 Å². The molecular formula is C24H53F6N2O5PSi. The summed E-state index contributed by atoms with van der Waals surface area (Å²) in [4.78, 5) is 13.1. The van der Waals surface area contributed by atoms with Crippen molar-refractivity contribution in [3.63, 3.8) is 0 Å². The molecule has 2 atom stereocenters. The monoisotopic (exact) mass is 622 g/mol. The van der Waals surface area contributed by atoms with Gasteiger partial charge in [0, 0.05) is 26.7 Å². The molecule has 1 N–H and O–H groups in total. The van der Waals surface area contributed by atoms with E-state index in [0.717, 1.165) is 62.6 Å². The Labute approximate surface area is 232 Å². The van der Waals surface area contributed by atoms with Gasteiger partial charge in [-0.3, -0.25) is 4.48 Å². The van der Waals surface area contributed by atoms with Gasteiger partial charge in [-0.15, -0.1) is 0 Å². The van der Waals surface area contributed by atoms with Crippen LogP contribution < -0.4 is 5.32 Å². The molecule has 15 heteroatoms. The predicted molar refractivity (Wildman–Crippen MR) is 147 cm³/mol. The van der Waals surface area contributed by atoms with Gasteiger partial charge in [-0.25, -0.2) is 4.79 Å². The predicted octanol–water partition coefficient (Wildman–Crippen LogP) is 9.02. The number of carbonyl (C=O) groups excluding carboxylic acids is 1. The van der Waals surface area contributed by atoms with Crippen LogP contribution in [0.4, 0.5) is 30.0 Å². The quantitative estimate of drug-likeness (QED) is 0.0483. The van der Waals surface area contributed by atoms with Gasteiger partial charge in [-0.05, 0) is 46.5 Å². The Balaban J connectivity index is 0. The number of amides is 1. The van der Waals surface area contributed by atoms with Crippen molar-refractivity contribution in [2.24, 2.45) is 0 Å². The molecular weight excluding hydrogens is 569 g/mol. The van der Waals surface area contributed by atoms with Gasteiger partial charge in [0.2, 0.25) is 6.23 Å². The molecule has 7 nitrogen and oxygen atoms in total. The summed E-state index contributed by atoms with van der Waals surface area (Å²) in [7, 11) is -13.7. The summed E-state index contributed by atoms with van der Waals surface area (Å²) in [6.07, 6.45) is 6.85. The first-order chi connectivity index (χ1) is 17.8. The molecule has 0 aromatic carbocycles. The van der Waals surface area contributed by atoms with Gasteiger partial charge in [0.25, 0.3) is 0 Å². The van der Waals surface area contributed by atoms with Crippen molar-refractivity contribution in [3.05, 3.63) is 0 Å². The van der Waals surface area contributed by atoms with Crippen LogP contribution in [0, 0.1) is 0 Å². The standard InChI is InChI=1S/C24H52N2O5Si.F6P/c1-9-16-19-26(20-17-10-2,21-18-11-3)22(8)31-24(27)25-23(12-4)32(28-13-5,29-14-6)30-15-7;1-7(2,3,4,5)6/h22-23H,9-21H2,1-8H3;/q;-1/p+1. The SMILES string of the molecule is CCCC[N+](CCCC)(CCCC)C(C)OC(=O)NC(CC)[Si](OCC)(OCC)OCC.F[P-](F)(F)(F)(F)F. The topological polar surface area (TPSA) is 66.0 Å². The van der Waals surface area contributed by atoms with E-state index in [1.807, 2.05) is 27.7 Å². The molecule has 39 heavy (non-hydrogen) atoms. The van der Waals surface area contributed by atoms with E-state index in [1.165, 1.54) is 0 Å². The van der Waals surface area contributed by atoms with Crippen molar-refractivity contribution in [2.45, 2.75) is 112 Å². The maximum atomic E-state index is 13.1. The van der Waals surface area contributed by atoms with Crippen LogP contribution in [0.15, 0.2) is 0 Å². The first kappa shape index (κ1) is 40.5. The average molecular weight is 623 g/mol. The summed E-state index contributed by atoms with van der Waals surface area (Å²) in [5, 5.41) is 3.05. The van der Waals surface area contributed by atoms with Crippen molar-refractivity contribution >= 4 is 22.7 Å². The molecule has 240 valence electrons. The van der Waals surface area contributed by atoms with E-state index >= 15 is 0 Å². The zero-order valence-electron chi connectivity index (χ0n) is 25.1. The summed E-state index contributed by atoms with van der Waals surface area (Å²) in [5.74, 6) is 0. The van der Waals surface area contributed by atoms with Gasteiger partial charge >= 0.3 is 47.9 Å². The van der Waals surface area contributed by atoms with Crippen molar-refractivity contribution < 1.29 is 52.5 Å². The molecule has 0 rings (SSSR count). The fourth-order valence-electron chi connectivity index (χ4n) is 4.21. The fraction of sp³-hybridized carbons (Fsp3) is 0.958. The number of alkyl carbamates (subject to hydrolysis) is 1. The van der Waals surface area contributed by atoms with Crippen LogP contribution >= 0.6 is 7.81 Å². The third-order valence-corrected chi connectivity index (χ3v) is 9.56. The van der Waals surface area contributed by atoms with Crippen molar-refractivity contribution in [1.82, 2.24) is 5.32 Å². The van der Waals surface area contributed by atoms with E-state index in [9.17, 15) is 30.0 Å². The third-order valence-electron chi connectivity index (χ3n) is 6.08. The van der Waals surface area contributed by atoms with Gasteiger partial charge in [0.1, 0.15) is 5.67 Å². The van der Waals surface area contributed by atoms with Crippen LogP contribution in [0.2, 0.25) is 0 Å². The number of ether oxygens (including phenoxy) is 1. The van der Waals surface area contributed by atoms with E-state index in [-0.39, 0.29) is 11.9 Å². The Morgan fingerprint density at radius 2 is 1.08 bits per heavy atom.